The van der Waals surface area contributed by atoms with Crippen LogP contribution in [0.25, 0.3) is 10.1 Å². The highest BCUT2D eigenvalue weighted by Crippen LogP contribution is 2.32. The summed E-state index contributed by atoms with van der Waals surface area (Å²) in [7, 11) is 0.225. The van der Waals surface area contributed by atoms with Crippen LogP contribution in [0.1, 0.15) is 24.9 Å². The minimum Gasteiger partial charge on any atom is -0.311 e. The fraction of sp³-hybridized carbons (Fsp3) is 0.318. The Morgan fingerprint density at radius 2 is 1.87 bits per heavy atom. The molecule has 2 heterocycles. The SMILES string of the molecule is C[C@H](c1ccc(N2CC[C@H](NS(=O)(=O)c3cc4ccc(Cl)cc4s3)C2=O)cc1)N(C)C. The van der Waals surface area contributed by atoms with Gasteiger partial charge in [0.25, 0.3) is 10.0 Å². The molecule has 6 nitrogen and oxygen atoms in total. The van der Waals surface area contributed by atoms with Crippen molar-refractivity contribution in [2.75, 3.05) is 25.5 Å². The maximum atomic E-state index is 12.9. The topological polar surface area (TPSA) is 69.7 Å². The van der Waals surface area contributed by atoms with Gasteiger partial charge >= 0.3 is 0 Å². The number of benzene rings is 2. The van der Waals surface area contributed by atoms with Gasteiger partial charge in [0.05, 0.1) is 0 Å². The van der Waals surface area contributed by atoms with Crippen LogP contribution in [0.4, 0.5) is 5.69 Å². The first-order valence-electron chi connectivity index (χ1n) is 9.95. The molecule has 0 bridgehead atoms. The van der Waals surface area contributed by atoms with Crippen molar-refractivity contribution in [3.05, 3.63) is 59.1 Å². The highest BCUT2D eigenvalue weighted by Gasteiger charge is 2.36. The van der Waals surface area contributed by atoms with Crippen molar-refractivity contribution in [1.82, 2.24) is 9.62 Å². The summed E-state index contributed by atoms with van der Waals surface area (Å²) in [6, 6.07) is 14.2. The third kappa shape index (κ3) is 4.49. The van der Waals surface area contributed by atoms with E-state index in [1.54, 1.807) is 29.2 Å². The molecule has 1 N–H and O–H groups in total. The zero-order valence-electron chi connectivity index (χ0n) is 17.5. The van der Waals surface area contributed by atoms with Gasteiger partial charge in [0, 0.05) is 28.0 Å². The van der Waals surface area contributed by atoms with Crippen molar-refractivity contribution < 1.29 is 13.2 Å². The molecule has 1 fully saturated rings. The lowest BCUT2D eigenvalue weighted by Crippen LogP contribution is -2.41. The average Bonchev–Trinajstić information content (AvgIpc) is 3.31. The number of carbonyl (C=O) groups excluding carboxylic acids is 1. The Hall–Kier alpha value is -1.97. The second-order valence-corrected chi connectivity index (χ2v) is 11.4. The Bertz CT molecular complexity index is 1220. The van der Waals surface area contributed by atoms with E-state index in [0.717, 1.165) is 32.7 Å². The summed E-state index contributed by atoms with van der Waals surface area (Å²) >= 11 is 7.15. The molecule has 9 heteroatoms. The van der Waals surface area contributed by atoms with Crippen LogP contribution in [0.2, 0.25) is 5.02 Å². The van der Waals surface area contributed by atoms with Crippen LogP contribution in [0.3, 0.4) is 0 Å². The number of fused-ring (bicyclic) bond motifs is 1. The van der Waals surface area contributed by atoms with Crippen molar-refractivity contribution >= 4 is 54.6 Å². The molecule has 1 aliphatic rings. The van der Waals surface area contributed by atoms with Gasteiger partial charge in [0.2, 0.25) is 5.91 Å². The van der Waals surface area contributed by atoms with Crippen LogP contribution in [0.15, 0.2) is 52.7 Å². The molecule has 0 spiro atoms. The van der Waals surface area contributed by atoms with Crippen LogP contribution in [-0.4, -0.2) is 45.9 Å². The third-order valence-electron chi connectivity index (χ3n) is 5.69. The van der Waals surface area contributed by atoms with Gasteiger partial charge in [-0.3, -0.25) is 4.79 Å². The molecule has 2 aromatic carbocycles. The van der Waals surface area contributed by atoms with E-state index in [9.17, 15) is 13.2 Å². The maximum absolute atomic E-state index is 12.9. The van der Waals surface area contributed by atoms with Crippen LogP contribution < -0.4 is 9.62 Å². The second-order valence-electron chi connectivity index (χ2n) is 7.93. The van der Waals surface area contributed by atoms with E-state index in [2.05, 4.69) is 16.5 Å². The van der Waals surface area contributed by atoms with Gasteiger partial charge in [-0.2, -0.15) is 4.72 Å². The summed E-state index contributed by atoms with van der Waals surface area (Å²) < 4.78 is 29.4. The van der Waals surface area contributed by atoms with E-state index < -0.39 is 16.1 Å². The standard InChI is InChI=1S/C22H24ClN3O3S2/c1-14(25(2)3)15-5-8-18(9-6-15)26-11-10-19(22(26)27)24-31(28,29)21-12-16-4-7-17(23)13-20(16)30-21/h4-9,12-14,19,24H,10-11H2,1-3H3/t14-,19+/m1/s1. The van der Waals surface area contributed by atoms with Gasteiger partial charge < -0.3 is 9.80 Å². The number of nitrogens with zero attached hydrogens (tertiary/aromatic N) is 2. The molecule has 1 amide bonds. The highest BCUT2D eigenvalue weighted by atomic mass is 35.5. The zero-order valence-corrected chi connectivity index (χ0v) is 19.9. The fourth-order valence-corrected chi connectivity index (χ4v) is 6.55. The van der Waals surface area contributed by atoms with E-state index in [-0.39, 0.29) is 16.2 Å². The molecule has 2 atom stereocenters. The van der Waals surface area contributed by atoms with Gasteiger partial charge in [0.15, 0.2) is 0 Å². The molecule has 1 aliphatic heterocycles. The Balaban J connectivity index is 1.49. The van der Waals surface area contributed by atoms with Crippen molar-refractivity contribution in [2.45, 2.75) is 29.6 Å². The molecule has 1 saturated heterocycles. The monoisotopic (exact) mass is 477 g/mol. The average molecular weight is 478 g/mol. The van der Waals surface area contributed by atoms with Crippen LogP contribution in [0.5, 0.6) is 0 Å². The maximum Gasteiger partial charge on any atom is 0.250 e. The predicted octanol–water partition coefficient (Wildman–Crippen LogP) is 4.26. The largest absolute Gasteiger partial charge is 0.311 e. The normalized spacial score (nSPS) is 18.3. The van der Waals surface area contributed by atoms with Crippen molar-refractivity contribution in [3.8, 4) is 0 Å². The van der Waals surface area contributed by atoms with Crippen LogP contribution in [0, 0.1) is 0 Å². The summed E-state index contributed by atoms with van der Waals surface area (Å²) in [5.74, 6) is -0.235. The summed E-state index contributed by atoms with van der Waals surface area (Å²) in [5, 5.41) is 1.36. The van der Waals surface area contributed by atoms with Gasteiger partial charge in [0.1, 0.15) is 10.3 Å². The predicted molar refractivity (Wildman–Crippen MR) is 126 cm³/mol. The van der Waals surface area contributed by atoms with E-state index in [1.165, 1.54) is 0 Å². The number of rotatable bonds is 6. The molecule has 31 heavy (non-hydrogen) atoms. The number of hydrogen-bond donors (Lipinski definition) is 1. The molecular formula is C22H24ClN3O3S2. The van der Waals surface area contributed by atoms with Gasteiger partial charge in [-0.1, -0.05) is 29.8 Å². The minimum absolute atomic E-state index is 0.179. The molecular weight excluding hydrogens is 454 g/mol. The summed E-state index contributed by atoms with van der Waals surface area (Å²) in [6.45, 7) is 2.58. The number of sulfonamides is 1. The minimum atomic E-state index is -3.81. The first-order valence-corrected chi connectivity index (χ1v) is 12.6. The molecule has 0 saturated carbocycles. The molecule has 3 aromatic rings. The van der Waals surface area contributed by atoms with Crippen molar-refractivity contribution in [1.29, 1.82) is 0 Å². The fourth-order valence-electron chi connectivity index (χ4n) is 3.64. The lowest BCUT2D eigenvalue weighted by Gasteiger charge is -2.22. The second kappa shape index (κ2) is 8.52. The van der Waals surface area contributed by atoms with E-state index in [0.29, 0.717) is 18.0 Å². The summed E-state index contributed by atoms with van der Waals surface area (Å²) in [4.78, 5) is 16.7. The quantitative estimate of drug-likeness (QED) is 0.575. The number of halogens is 1. The summed E-state index contributed by atoms with van der Waals surface area (Å²) in [5.41, 5.74) is 1.93. The molecule has 1 aromatic heterocycles. The lowest BCUT2D eigenvalue weighted by molar-refractivity contribution is -0.118. The number of anilines is 1. The molecule has 0 unspecified atom stereocenters. The number of hydrogen-bond acceptors (Lipinski definition) is 5. The lowest BCUT2D eigenvalue weighted by atomic mass is 10.1. The van der Waals surface area contributed by atoms with Gasteiger partial charge in [-0.25, -0.2) is 8.42 Å². The third-order valence-corrected chi connectivity index (χ3v) is 8.97. The Morgan fingerprint density at radius 1 is 1.16 bits per heavy atom. The number of thiophene rings is 1. The molecule has 0 radical (unpaired) electrons. The smallest absolute Gasteiger partial charge is 0.250 e. The summed E-state index contributed by atoms with van der Waals surface area (Å²) in [6.07, 6.45) is 0.421. The van der Waals surface area contributed by atoms with E-state index in [4.69, 9.17) is 11.6 Å². The first kappa shape index (κ1) is 22.2. The number of carbonyl (C=O) groups is 1. The first-order chi connectivity index (χ1) is 14.7. The number of nitrogens with one attached hydrogen (secondary N) is 1. The zero-order chi connectivity index (χ0) is 22.3. The van der Waals surface area contributed by atoms with E-state index >= 15 is 0 Å². The van der Waals surface area contributed by atoms with E-state index in [1.807, 2.05) is 38.4 Å². The van der Waals surface area contributed by atoms with Gasteiger partial charge in [-0.15, -0.1) is 11.3 Å². The van der Waals surface area contributed by atoms with Crippen molar-refractivity contribution in [2.24, 2.45) is 0 Å². The van der Waals surface area contributed by atoms with Crippen LogP contribution in [-0.2, 0) is 14.8 Å². The molecule has 0 aliphatic carbocycles. The Morgan fingerprint density at radius 3 is 2.55 bits per heavy atom. The number of amides is 1. The van der Waals surface area contributed by atoms with Gasteiger partial charge in [-0.05, 0) is 68.7 Å². The van der Waals surface area contributed by atoms with Crippen molar-refractivity contribution in [3.63, 3.8) is 0 Å². The Labute approximate surface area is 191 Å². The Kier molecular flexibility index (Phi) is 6.11. The molecule has 4 rings (SSSR count). The molecule has 164 valence electrons. The van der Waals surface area contributed by atoms with Crippen LogP contribution >= 0.6 is 22.9 Å². The highest BCUT2D eigenvalue weighted by molar-refractivity contribution is 7.91.